The van der Waals surface area contributed by atoms with Gasteiger partial charge in [-0.1, -0.05) is 0 Å². The third kappa shape index (κ3) is 3.04. The van der Waals surface area contributed by atoms with Crippen molar-refractivity contribution in [1.29, 1.82) is 0 Å². The molecule has 0 spiro atoms. The molecule has 7 heteroatoms. The number of halogens is 1. The number of carbonyl (C=O) groups is 1. The fourth-order valence-electron chi connectivity index (χ4n) is 2.42. The standard InChI is InChI=1S/C13H15FN2O4/c1-20-13(17)9-3-2-4-15(8-9)11-5-10(14)6-12(7-11)16(18)19/h5-7,9H,2-4,8H2,1H3. The van der Waals surface area contributed by atoms with E-state index in [0.29, 0.717) is 25.2 Å². The molecule has 20 heavy (non-hydrogen) atoms. The van der Waals surface area contributed by atoms with E-state index < -0.39 is 10.7 Å². The van der Waals surface area contributed by atoms with E-state index in [4.69, 9.17) is 4.74 Å². The second-order valence-corrected chi connectivity index (χ2v) is 4.73. The van der Waals surface area contributed by atoms with Crippen LogP contribution in [0.5, 0.6) is 0 Å². The Morgan fingerprint density at radius 2 is 2.25 bits per heavy atom. The summed E-state index contributed by atoms with van der Waals surface area (Å²) in [4.78, 5) is 23.5. The summed E-state index contributed by atoms with van der Waals surface area (Å²) in [5.74, 6) is -1.24. The number of hydrogen-bond donors (Lipinski definition) is 0. The first-order chi connectivity index (χ1) is 9.51. The van der Waals surface area contributed by atoms with Crippen LogP contribution in [0.4, 0.5) is 15.8 Å². The van der Waals surface area contributed by atoms with E-state index in [1.54, 1.807) is 4.90 Å². The van der Waals surface area contributed by atoms with Gasteiger partial charge in [0.05, 0.1) is 24.0 Å². The molecular weight excluding hydrogens is 267 g/mol. The van der Waals surface area contributed by atoms with Crippen molar-refractivity contribution in [3.05, 3.63) is 34.1 Å². The number of esters is 1. The SMILES string of the molecule is COC(=O)C1CCCN(c2cc(F)cc([N+](=O)[O-])c2)C1. The average molecular weight is 282 g/mol. The molecule has 0 bridgehead atoms. The number of hydrogen-bond acceptors (Lipinski definition) is 5. The Morgan fingerprint density at radius 1 is 1.50 bits per heavy atom. The molecular formula is C13H15FN2O4. The van der Waals surface area contributed by atoms with Gasteiger partial charge in [-0.3, -0.25) is 14.9 Å². The highest BCUT2D eigenvalue weighted by atomic mass is 19.1. The number of carbonyl (C=O) groups excluding carboxylic acids is 1. The molecule has 1 unspecified atom stereocenters. The van der Waals surface area contributed by atoms with Crippen LogP contribution in [0, 0.1) is 21.8 Å². The van der Waals surface area contributed by atoms with Gasteiger partial charge in [0.1, 0.15) is 5.82 Å². The summed E-state index contributed by atoms with van der Waals surface area (Å²) in [6, 6.07) is 3.45. The maximum atomic E-state index is 13.4. The van der Waals surface area contributed by atoms with Crippen molar-refractivity contribution in [2.24, 2.45) is 5.92 Å². The summed E-state index contributed by atoms with van der Waals surface area (Å²) in [6.07, 6.45) is 1.46. The van der Waals surface area contributed by atoms with Crippen LogP contribution in [0.2, 0.25) is 0 Å². The predicted octanol–water partition coefficient (Wildman–Crippen LogP) is 2.12. The van der Waals surface area contributed by atoms with Crippen molar-refractivity contribution < 1.29 is 18.8 Å². The first-order valence-electron chi connectivity index (χ1n) is 6.29. The molecule has 1 aromatic rings. The molecule has 2 rings (SSSR count). The van der Waals surface area contributed by atoms with E-state index >= 15 is 0 Å². The minimum Gasteiger partial charge on any atom is -0.469 e. The van der Waals surface area contributed by atoms with Gasteiger partial charge in [-0.05, 0) is 18.9 Å². The number of nitro benzene ring substituents is 1. The van der Waals surface area contributed by atoms with Crippen LogP contribution in [-0.4, -0.2) is 31.1 Å². The van der Waals surface area contributed by atoms with E-state index in [2.05, 4.69) is 0 Å². The molecule has 1 aliphatic rings. The highest BCUT2D eigenvalue weighted by Crippen LogP contribution is 2.28. The van der Waals surface area contributed by atoms with E-state index in [1.165, 1.54) is 19.2 Å². The number of nitrogens with zero attached hydrogens (tertiary/aromatic N) is 2. The summed E-state index contributed by atoms with van der Waals surface area (Å²) in [7, 11) is 1.33. The number of methoxy groups -OCH3 is 1. The molecule has 0 aromatic heterocycles. The second-order valence-electron chi connectivity index (χ2n) is 4.73. The summed E-state index contributed by atoms with van der Waals surface area (Å²) in [5.41, 5.74) is 0.130. The molecule has 1 saturated heterocycles. The van der Waals surface area contributed by atoms with Gasteiger partial charge in [0.2, 0.25) is 0 Å². The smallest absolute Gasteiger partial charge is 0.310 e. The van der Waals surface area contributed by atoms with Crippen LogP contribution >= 0.6 is 0 Å². The molecule has 6 nitrogen and oxygen atoms in total. The molecule has 1 aliphatic heterocycles. The number of piperidine rings is 1. The highest BCUT2D eigenvalue weighted by Gasteiger charge is 2.27. The normalized spacial score (nSPS) is 18.7. The molecule has 0 saturated carbocycles. The lowest BCUT2D eigenvalue weighted by atomic mass is 9.97. The van der Waals surface area contributed by atoms with Crippen LogP contribution in [0.15, 0.2) is 18.2 Å². The Kier molecular flexibility index (Phi) is 4.16. The van der Waals surface area contributed by atoms with Crippen molar-refractivity contribution >= 4 is 17.3 Å². The zero-order valence-electron chi connectivity index (χ0n) is 11.0. The maximum absolute atomic E-state index is 13.4. The Labute approximate surface area is 115 Å². The number of anilines is 1. The van der Waals surface area contributed by atoms with Crippen LogP contribution in [0.3, 0.4) is 0 Å². The molecule has 1 atom stereocenters. The van der Waals surface area contributed by atoms with Crippen molar-refractivity contribution in [2.45, 2.75) is 12.8 Å². The van der Waals surface area contributed by atoms with Crippen molar-refractivity contribution in [2.75, 3.05) is 25.1 Å². The number of benzene rings is 1. The minimum absolute atomic E-state index is 0.281. The van der Waals surface area contributed by atoms with Crippen LogP contribution < -0.4 is 4.90 Å². The molecule has 1 aromatic carbocycles. The Morgan fingerprint density at radius 3 is 2.90 bits per heavy atom. The van der Waals surface area contributed by atoms with Crippen LogP contribution in [0.25, 0.3) is 0 Å². The Hall–Kier alpha value is -2.18. The zero-order valence-corrected chi connectivity index (χ0v) is 11.0. The van der Waals surface area contributed by atoms with Gasteiger partial charge in [0.25, 0.3) is 5.69 Å². The number of nitro groups is 1. The molecule has 0 N–H and O–H groups in total. The van der Waals surface area contributed by atoms with Gasteiger partial charge in [-0.2, -0.15) is 0 Å². The summed E-state index contributed by atoms with van der Waals surface area (Å²) >= 11 is 0. The van der Waals surface area contributed by atoms with Gasteiger partial charge >= 0.3 is 5.97 Å². The number of non-ortho nitro benzene ring substituents is 1. The van der Waals surface area contributed by atoms with Crippen molar-refractivity contribution in [1.82, 2.24) is 0 Å². The van der Waals surface area contributed by atoms with Gasteiger partial charge in [0, 0.05) is 24.8 Å². The summed E-state index contributed by atoms with van der Waals surface area (Å²) in [5, 5.41) is 10.8. The average Bonchev–Trinajstić information content (AvgIpc) is 2.45. The third-order valence-electron chi connectivity index (χ3n) is 3.40. The van der Waals surface area contributed by atoms with Gasteiger partial charge in [0.15, 0.2) is 0 Å². The Bertz CT molecular complexity index is 535. The summed E-state index contributed by atoms with van der Waals surface area (Å²) < 4.78 is 18.2. The fraction of sp³-hybridized carbons (Fsp3) is 0.462. The highest BCUT2D eigenvalue weighted by molar-refractivity contribution is 5.73. The van der Waals surface area contributed by atoms with Crippen molar-refractivity contribution in [3.8, 4) is 0 Å². The van der Waals surface area contributed by atoms with E-state index in [1.807, 2.05) is 0 Å². The first kappa shape index (κ1) is 14.2. The van der Waals surface area contributed by atoms with E-state index in [-0.39, 0.29) is 17.6 Å². The van der Waals surface area contributed by atoms with Gasteiger partial charge < -0.3 is 9.64 Å². The topological polar surface area (TPSA) is 72.7 Å². The lowest BCUT2D eigenvalue weighted by Gasteiger charge is -2.32. The predicted molar refractivity (Wildman–Crippen MR) is 70.0 cm³/mol. The second kappa shape index (κ2) is 5.85. The lowest BCUT2D eigenvalue weighted by molar-refractivity contribution is -0.385. The number of rotatable bonds is 3. The minimum atomic E-state index is -0.658. The molecule has 1 fully saturated rings. The molecule has 1 heterocycles. The Balaban J connectivity index is 2.22. The largest absolute Gasteiger partial charge is 0.469 e. The third-order valence-corrected chi connectivity index (χ3v) is 3.40. The molecule has 0 radical (unpaired) electrons. The van der Waals surface area contributed by atoms with Crippen LogP contribution in [0.1, 0.15) is 12.8 Å². The van der Waals surface area contributed by atoms with Crippen LogP contribution in [-0.2, 0) is 9.53 Å². The zero-order chi connectivity index (χ0) is 14.7. The monoisotopic (exact) mass is 282 g/mol. The van der Waals surface area contributed by atoms with E-state index in [0.717, 1.165) is 12.5 Å². The number of ether oxygens (including phenoxy) is 1. The molecule has 0 aliphatic carbocycles. The maximum Gasteiger partial charge on any atom is 0.310 e. The van der Waals surface area contributed by atoms with E-state index in [9.17, 15) is 19.3 Å². The van der Waals surface area contributed by atoms with Gasteiger partial charge in [-0.25, -0.2) is 4.39 Å². The lowest BCUT2D eigenvalue weighted by Crippen LogP contribution is -2.39. The summed E-state index contributed by atoms with van der Waals surface area (Å²) in [6.45, 7) is 1.02. The molecule has 0 amide bonds. The van der Waals surface area contributed by atoms with Gasteiger partial charge in [-0.15, -0.1) is 0 Å². The quantitative estimate of drug-likeness (QED) is 0.482. The fourth-order valence-corrected chi connectivity index (χ4v) is 2.42. The first-order valence-corrected chi connectivity index (χ1v) is 6.29. The molecule has 108 valence electrons. The van der Waals surface area contributed by atoms with Crippen molar-refractivity contribution in [3.63, 3.8) is 0 Å².